The number of hydrogen-bond acceptors (Lipinski definition) is 0. The van der Waals surface area contributed by atoms with Crippen molar-refractivity contribution in [1.82, 2.24) is 0 Å². The van der Waals surface area contributed by atoms with Crippen LogP contribution in [0.2, 0.25) is 0 Å². The Kier molecular flexibility index (Phi) is 15.3. The highest BCUT2D eigenvalue weighted by atomic mass is 31.1. The minimum absolute atomic E-state index is 0.214. The van der Waals surface area contributed by atoms with E-state index in [1.807, 2.05) is 0 Å². The van der Waals surface area contributed by atoms with Gasteiger partial charge in [0.2, 0.25) is 0 Å². The van der Waals surface area contributed by atoms with E-state index in [-0.39, 0.29) is 7.92 Å². The Morgan fingerprint density at radius 2 is 0.773 bits per heavy atom. The molecule has 0 nitrogen and oxygen atoms in total. The summed E-state index contributed by atoms with van der Waals surface area (Å²) in [5, 5.41) is 0. The van der Waals surface area contributed by atoms with Crippen LogP contribution in [0.5, 0.6) is 0 Å². The predicted molar refractivity (Wildman–Crippen MR) is 108 cm³/mol. The van der Waals surface area contributed by atoms with Crippen LogP contribution in [0.1, 0.15) is 119 Å². The summed E-state index contributed by atoms with van der Waals surface area (Å²) in [7, 11) is 0.214. The molecule has 22 heavy (non-hydrogen) atoms. The lowest BCUT2D eigenvalue weighted by Gasteiger charge is -2.40. The van der Waals surface area contributed by atoms with Crippen molar-refractivity contribution in [1.29, 1.82) is 0 Å². The van der Waals surface area contributed by atoms with Crippen LogP contribution in [0.4, 0.5) is 0 Å². The van der Waals surface area contributed by atoms with E-state index in [9.17, 15) is 0 Å². The van der Waals surface area contributed by atoms with Gasteiger partial charge in [-0.05, 0) is 55.5 Å². The summed E-state index contributed by atoms with van der Waals surface area (Å²) in [6.07, 6.45) is 17.3. The quantitative estimate of drug-likeness (QED) is 0.265. The van der Waals surface area contributed by atoms with E-state index in [4.69, 9.17) is 0 Å². The first kappa shape index (κ1) is 22.4. The van der Waals surface area contributed by atoms with Crippen LogP contribution in [0, 0.1) is 0 Å². The summed E-state index contributed by atoms with van der Waals surface area (Å²) in [4.78, 5) is 0. The van der Waals surface area contributed by atoms with Crippen molar-refractivity contribution in [2.45, 2.75) is 136 Å². The summed E-state index contributed by atoms with van der Waals surface area (Å²) in [5.74, 6) is 0. The first-order valence-corrected chi connectivity index (χ1v) is 12.0. The maximum atomic E-state index is 2.47. The van der Waals surface area contributed by atoms with Crippen molar-refractivity contribution in [3.8, 4) is 0 Å². The molecule has 0 aromatic carbocycles. The third kappa shape index (κ3) is 8.33. The van der Waals surface area contributed by atoms with Gasteiger partial charge in [-0.15, -0.1) is 0 Å². The average molecular weight is 329 g/mol. The molecule has 0 aliphatic heterocycles. The highest BCUT2D eigenvalue weighted by molar-refractivity contribution is 7.59. The molecular weight excluding hydrogens is 283 g/mol. The lowest BCUT2D eigenvalue weighted by molar-refractivity contribution is 0.596. The molecule has 0 heterocycles. The van der Waals surface area contributed by atoms with Gasteiger partial charge in [0, 0.05) is 0 Å². The summed E-state index contributed by atoms with van der Waals surface area (Å²) < 4.78 is 0. The Morgan fingerprint density at radius 3 is 0.955 bits per heavy atom. The fourth-order valence-corrected chi connectivity index (χ4v) is 8.40. The van der Waals surface area contributed by atoms with Crippen molar-refractivity contribution in [2.24, 2.45) is 0 Å². The van der Waals surface area contributed by atoms with Gasteiger partial charge in [0.15, 0.2) is 0 Å². The van der Waals surface area contributed by atoms with Crippen LogP contribution in [-0.4, -0.2) is 17.0 Å². The van der Waals surface area contributed by atoms with E-state index in [1.54, 1.807) is 0 Å². The van der Waals surface area contributed by atoms with Gasteiger partial charge in [0.05, 0.1) is 0 Å². The minimum atomic E-state index is 0.214. The van der Waals surface area contributed by atoms with Crippen molar-refractivity contribution >= 4 is 7.92 Å². The lowest BCUT2D eigenvalue weighted by Crippen LogP contribution is -2.23. The van der Waals surface area contributed by atoms with Crippen molar-refractivity contribution < 1.29 is 0 Å². The number of unbranched alkanes of at least 4 members (excludes halogenated alkanes) is 3. The Hall–Kier alpha value is 0.430. The predicted octanol–water partition coefficient (Wildman–Crippen LogP) is 8.37. The second-order valence-electron chi connectivity index (χ2n) is 7.06. The molecule has 0 aliphatic rings. The topological polar surface area (TPSA) is 0 Å². The number of hydrogen-bond donors (Lipinski definition) is 0. The normalized spacial score (nSPS) is 17.2. The van der Waals surface area contributed by atoms with Crippen LogP contribution in [0.15, 0.2) is 0 Å². The second-order valence-corrected chi connectivity index (χ2v) is 10.1. The summed E-state index contributed by atoms with van der Waals surface area (Å²) in [5.41, 5.74) is 3.12. The SMILES string of the molecule is CCCCC(CC)P(C(CC)CCCC)C(CC)CCCC. The first-order valence-electron chi connectivity index (χ1n) is 10.5. The van der Waals surface area contributed by atoms with Crippen LogP contribution in [0.25, 0.3) is 0 Å². The van der Waals surface area contributed by atoms with Gasteiger partial charge in [-0.1, -0.05) is 88.0 Å². The zero-order chi connectivity index (χ0) is 16.8. The zero-order valence-corrected chi connectivity index (χ0v) is 17.6. The molecule has 0 radical (unpaired) electrons. The molecule has 0 amide bonds. The summed E-state index contributed by atoms with van der Waals surface area (Å²) in [6.45, 7) is 14.5. The van der Waals surface area contributed by atoms with E-state index in [1.165, 1.54) is 77.0 Å². The Morgan fingerprint density at radius 1 is 0.500 bits per heavy atom. The maximum absolute atomic E-state index is 2.47. The fraction of sp³-hybridized carbons (Fsp3) is 1.00. The molecule has 0 rings (SSSR count). The fourth-order valence-electron chi connectivity index (χ4n) is 3.91. The van der Waals surface area contributed by atoms with Gasteiger partial charge in [-0.3, -0.25) is 0 Å². The highest BCUT2D eigenvalue weighted by Gasteiger charge is 2.31. The van der Waals surface area contributed by atoms with E-state index >= 15 is 0 Å². The monoisotopic (exact) mass is 328 g/mol. The van der Waals surface area contributed by atoms with E-state index < -0.39 is 0 Å². The molecule has 0 saturated carbocycles. The molecule has 3 unspecified atom stereocenters. The third-order valence-corrected chi connectivity index (χ3v) is 9.75. The van der Waals surface area contributed by atoms with Gasteiger partial charge in [-0.25, -0.2) is 0 Å². The smallest absolute Gasteiger partial charge is 0.0207 e. The van der Waals surface area contributed by atoms with Crippen LogP contribution in [-0.2, 0) is 0 Å². The van der Waals surface area contributed by atoms with Crippen LogP contribution < -0.4 is 0 Å². The molecule has 0 aromatic heterocycles. The third-order valence-electron chi connectivity index (χ3n) is 5.35. The molecule has 0 saturated heterocycles. The minimum Gasteiger partial charge on any atom is -0.0972 e. The van der Waals surface area contributed by atoms with Crippen LogP contribution >= 0.6 is 7.92 Å². The van der Waals surface area contributed by atoms with Crippen LogP contribution in [0.3, 0.4) is 0 Å². The maximum Gasteiger partial charge on any atom is -0.0207 e. The molecule has 0 spiro atoms. The van der Waals surface area contributed by atoms with E-state index in [0.29, 0.717) is 0 Å². The summed E-state index contributed by atoms with van der Waals surface area (Å²) >= 11 is 0. The number of rotatable bonds is 15. The molecule has 3 atom stereocenters. The molecule has 0 aromatic rings. The Bertz CT molecular complexity index is 188. The molecule has 0 fully saturated rings. The van der Waals surface area contributed by atoms with Gasteiger partial charge in [-0.2, -0.15) is 0 Å². The molecule has 134 valence electrons. The largest absolute Gasteiger partial charge is 0.0972 e. The van der Waals surface area contributed by atoms with Crippen molar-refractivity contribution in [3.63, 3.8) is 0 Å². The first-order chi connectivity index (χ1) is 10.7. The van der Waals surface area contributed by atoms with E-state index in [2.05, 4.69) is 41.5 Å². The molecule has 0 N–H and O–H groups in total. The Balaban J connectivity index is 5.11. The Labute approximate surface area is 144 Å². The van der Waals surface area contributed by atoms with Gasteiger partial charge in [0.1, 0.15) is 0 Å². The molecule has 0 bridgehead atoms. The van der Waals surface area contributed by atoms with E-state index in [0.717, 1.165) is 17.0 Å². The van der Waals surface area contributed by atoms with Gasteiger partial charge < -0.3 is 0 Å². The lowest BCUT2D eigenvalue weighted by atomic mass is 10.1. The summed E-state index contributed by atoms with van der Waals surface area (Å²) in [6, 6.07) is 0. The highest BCUT2D eigenvalue weighted by Crippen LogP contribution is 2.58. The van der Waals surface area contributed by atoms with Gasteiger partial charge >= 0.3 is 0 Å². The standard InChI is InChI=1S/C21H45P/c1-7-13-16-19(10-4)22(20(11-5)17-14-8-2)21(12-6)18-15-9-3/h19-21H,7-18H2,1-6H3. The second kappa shape index (κ2) is 15.0. The zero-order valence-electron chi connectivity index (χ0n) is 16.7. The molecule has 1 heteroatoms. The van der Waals surface area contributed by atoms with Crippen molar-refractivity contribution in [3.05, 3.63) is 0 Å². The average Bonchev–Trinajstić information content (AvgIpc) is 2.55. The molecular formula is C21H45P. The van der Waals surface area contributed by atoms with Gasteiger partial charge in [0.25, 0.3) is 0 Å². The van der Waals surface area contributed by atoms with Crippen molar-refractivity contribution in [2.75, 3.05) is 0 Å². The molecule has 0 aliphatic carbocycles.